The molecule has 0 radical (unpaired) electrons. The zero-order chi connectivity index (χ0) is 13.7. The van der Waals surface area contributed by atoms with Crippen molar-refractivity contribution in [2.75, 3.05) is 19.7 Å². The number of hydrogen-bond donors (Lipinski definition) is 0. The van der Waals surface area contributed by atoms with Crippen molar-refractivity contribution in [2.45, 2.75) is 33.1 Å². The molecule has 0 bridgehead atoms. The molecule has 1 amide bonds. The highest BCUT2D eigenvalue weighted by Gasteiger charge is 2.21. The molecule has 1 aliphatic rings. The minimum atomic E-state index is 0.133. The van der Waals surface area contributed by atoms with Crippen LogP contribution in [0.25, 0.3) is 0 Å². The van der Waals surface area contributed by atoms with Crippen molar-refractivity contribution in [3.05, 3.63) is 29.8 Å². The molecule has 1 saturated heterocycles. The first kappa shape index (κ1) is 13.9. The van der Waals surface area contributed by atoms with Gasteiger partial charge in [0, 0.05) is 18.7 Å². The van der Waals surface area contributed by atoms with E-state index in [2.05, 4.69) is 13.8 Å². The third-order valence-electron chi connectivity index (χ3n) is 3.62. The van der Waals surface area contributed by atoms with Gasteiger partial charge in [-0.15, -0.1) is 0 Å². The van der Waals surface area contributed by atoms with E-state index in [0.717, 1.165) is 49.6 Å². The topological polar surface area (TPSA) is 29.5 Å². The number of hydrogen-bond acceptors (Lipinski definition) is 2. The van der Waals surface area contributed by atoms with Crippen LogP contribution in [-0.4, -0.2) is 30.5 Å². The number of amides is 1. The molecular formula is C16H23NO2. The average molecular weight is 261 g/mol. The molecule has 0 aromatic heterocycles. The van der Waals surface area contributed by atoms with E-state index >= 15 is 0 Å². The first-order valence-electron chi connectivity index (χ1n) is 7.23. The minimum Gasteiger partial charge on any atom is -0.494 e. The Kier molecular flexibility index (Phi) is 4.83. The molecular weight excluding hydrogens is 238 g/mol. The van der Waals surface area contributed by atoms with Crippen molar-refractivity contribution in [2.24, 2.45) is 5.92 Å². The third kappa shape index (κ3) is 3.72. The van der Waals surface area contributed by atoms with E-state index in [0.29, 0.717) is 6.61 Å². The van der Waals surface area contributed by atoms with E-state index in [-0.39, 0.29) is 5.91 Å². The first-order chi connectivity index (χ1) is 9.20. The largest absolute Gasteiger partial charge is 0.494 e. The molecule has 0 atom stereocenters. The smallest absolute Gasteiger partial charge is 0.253 e. The Morgan fingerprint density at radius 1 is 1.37 bits per heavy atom. The van der Waals surface area contributed by atoms with Gasteiger partial charge in [-0.25, -0.2) is 0 Å². The summed E-state index contributed by atoms with van der Waals surface area (Å²) in [5, 5.41) is 0. The summed E-state index contributed by atoms with van der Waals surface area (Å²) in [6.07, 6.45) is 3.19. The highest BCUT2D eigenvalue weighted by Crippen LogP contribution is 2.20. The SMILES string of the molecule is CCCOc1cccc(C(=O)N2CCC(C)CC2)c1. The predicted molar refractivity (Wildman–Crippen MR) is 76.5 cm³/mol. The number of piperidine rings is 1. The van der Waals surface area contributed by atoms with Crippen LogP contribution in [0.1, 0.15) is 43.5 Å². The summed E-state index contributed by atoms with van der Waals surface area (Å²) >= 11 is 0. The van der Waals surface area contributed by atoms with E-state index in [1.165, 1.54) is 0 Å². The van der Waals surface area contributed by atoms with Crippen LogP contribution >= 0.6 is 0 Å². The van der Waals surface area contributed by atoms with Gasteiger partial charge in [-0.1, -0.05) is 19.9 Å². The number of nitrogens with zero attached hydrogens (tertiary/aromatic N) is 1. The first-order valence-corrected chi connectivity index (χ1v) is 7.23. The Hall–Kier alpha value is -1.51. The fourth-order valence-electron chi connectivity index (χ4n) is 2.33. The second-order valence-corrected chi connectivity index (χ2v) is 5.35. The van der Waals surface area contributed by atoms with Crippen molar-refractivity contribution < 1.29 is 9.53 Å². The number of carbonyl (C=O) groups excluding carboxylic acids is 1. The summed E-state index contributed by atoms with van der Waals surface area (Å²) < 4.78 is 5.58. The summed E-state index contributed by atoms with van der Waals surface area (Å²) in [4.78, 5) is 14.4. The van der Waals surface area contributed by atoms with Crippen molar-refractivity contribution in [3.63, 3.8) is 0 Å². The van der Waals surface area contributed by atoms with Crippen LogP contribution in [0, 0.1) is 5.92 Å². The van der Waals surface area contributed by atoms with Gasteiger partial charge in [0.25, 0.3) is 5.91 Å². The van der Waals surface area contributed by atoms with E-state index < -0.39 is 0 Å². The second-order valence-electron chi connectivity index (χ2n) is 5.35. The second kappa shape index (κ2) is 6.60. The minimum absolute atomic E-state index is 0.133. The molecule has 0 saturated carbocycles. The highest BCUT2D eigenvalue weighted by molar-refractivity contribution is 5.94. The van der Waals surface area contributed by atoms with Crippen LogP contribution in [0.15, 0.2) is 24.3 Å². The molecule has 104 valence electrons. The lowest BCUT2D eigenvalue weighted by Crippen LogP contribution is -2.37. The van der Waals surface area contributed by atoms with Crippen molar-refractivity contribution in [1.82, 2.24) is 4.90 Å². The number of likely N-dealkylation sites (tertiary alicyclic amines) is 1. The Labute approximate surface area is 115 Å². The van der Waals surface area contributed by atoms with Gasteiger partial charge < -0.3 is 9.64 Å². The van der Waals surface area contributed by atoms with Gasteiger partial charge in [0.15, 0.2) is 0 Å². The van der Waals surface area contributed by atoms with E-state index in [4.69, 9.17) is 4.74 Å². The average Bonchev–Trinajstić information content (AvgIpc) is 2.45. The Morgan fingerprint density at radius 2 is 2.11 bits per heavy atom. The zero-order valence-corrected chi connectivity index (χ0v) is 11.9. The van der Waals surface area contributed by atoms with Crippen LogP contribution in [0.2, 0.25) is 0 Å². The van der Waals surface area contributed by atoms with Crippen molar-refractivity contribution in [1.29, 1.82) is 0 Å². The molecule has 19 heavy (non-hydrogen) atoms. The maximum atomic E-state index is 12.4. The summed E-state index contributed by atoms with van der Waals surface area (Å²) in [6, 6.07) is 7.53. The quantitative estimate of drug-likeness (QED) is 0.832. The number of ether oxygens (including phenoxy) is 1. The molecule has 1 heterocycles. The van der Waals surface area contributed by atoms with E-state index in [1.807, 2.05) is 29.2 Å². The molecule has 0 aliphatic carbocycles. The zero-order valence-electron chi connectivity index (χ0n) is 11.9. The van der Waals surface area contributed by atoms with Crippen LogP contribution in [-0.2, 0) is 0 Å². The molecule has 0 N–H and O–H groups in total. The van der Waals surface area contributed by atoms with Crippen molar-refractivity contribution >= 4 is 5.91 Å². The maximum absolute atomic E-state index is 12.4. The fraction of sp³-hybridized carbons (Fsp3) is 0.562. The van der Waals surface area contributed by atoms with Crippen molar-refractivity contribution in [3.8, 4) is 5.75 Å². The van der Waals surface area contributed by atoms with Crippen LogP contribution in [0.5, 0.6) is 5.75 Å². The molecule has 1 aromatic rings. The number of benzene rings is 1. The lowest BCUT2D eigenvalue weighted by molar-refractivity contribution is 0.0697. The van der Waals surface area contributed by atoms with Gasteiger partial charge in [-0.2, -0.15) is 0 Å². The summed E-state index contributed by atoms with van der Waals surface area (Å²) in [6.45, 7) is 6.77. The lowest BCUT2D eigenvalue weighted by atomic mass is 9.98. The van der Waals surface area contributed by atoms with Gasteiger partial charge in [-0.05, 0) is 43.4 Å². The fourth-order valence-corrected chi connectivity index (χ4v) is 2.33. The number of rotatable bonds is 4. The molecule has 3 nitrogen and oxygen atoms in total. The number of carbonyl (C=O) groups is 1. The normalized spacial score (nSPS) is 16.4. The summed E-state index contributed by atoms with van der Waals surface area (Å²) in [5.41, 5.74) is 0.739. The van der Waals surface area contributed by atoms with Gasteiger partial charge >= 0.3 is 0 Å². The monoisotopic (exact) mass is 261 g/mol. The molecule has 1 aromatic carbocycles. The molecule has 0 spiro atoms. The van der Waals surface area contributed by atoms with Gasteiger partial charge in [0.2, 0.25) is 0 Å². The van der Waals surface area contributed by atoms with Crippen LogP contribution in [0.4, 0.5) is 0 Å². The molecule has 1 fully saturated rings. The lowest BCUT2D eigenvalue weighted by Gasteiger charge is -2.30. The highest BCUT2D eigenvalue weighted by atomic mass is 16.5. The maximum Gasteiger partial charge on any atom is 0.253 e. The van der Waals surface area contributed by atoms with Gasteiger partial charge in [-0.3, -0.25) is 4.79 Å². The standard InChI is InChI=1S/C16H23NO2/c1-3-11-19-15-6-4-5-14(12-15)16(18)17-9-7-13(2)8-10-17/h4-6,12-13H,3,7-11H2,1-2H3. The molecule has 2 rings (SSSR count). The third-order valence-corrected chi connectivity index (χ3v) is 3.62. The van der Waals surface area contributed by atoms with E-state index in [1.54, 1.807) is 0 Å². The molecule has 0 unspecified atom stereocenters. The summed E-state index contributed by atoms with van der Waals surface area (Å²) in [7, 11) is 0. The Bertz CT molecular complexity index is 423. The summed E-state index contributed by atoms with van der Waals surface area (Å²) in [5.74, 6) is 1.66. The molecule has 3 heteroatoms. The van der Waals surface area contributed by atoms with Gasteiger partial charge in [0.05, 0.1) is 6.61 Å². The Balaban J connectivity index is 2.02. The predicted octanol–water partition coefficient (Wildman–Crippen LogP) is 3.35. The Morgan fingerprint density at radius 3 is 2.79 bits per heavy atom. The van der Waals surface area contributed by atoms with Crippen LogP contribution in [0.3, 0.4) is 0 Å². The van der Waals surface area contributed by atoms with Crippen LogP contribution < -0.4 is 4.74 Å². The van der Waals surface area contributed by atoms with Gasteiger partial charge in [0.1, 0.15) is 5.75 Å². The molecule has 1 aliphatic heterocycles. The van der Waals surface area contributed by atoms with E-state index in [9.17, 15) is 4.79 Å².